The molecule has 0 aliphatic carbocycles. The summed E-state index contributed by atoms with van der Waals surface area (Å²) in [5.74, 6) is 1.44. The van der Waals surface area contributed by atoms with E-state index in [0.717, 1.165) is 27.5 Å². The van der Waals surface area contributed by atoms with Gasteiger partial charge in [0.1, 0.15) is 5.75 Å². The Kier molecular flexibility index (Phi) is 5.17. The lowest BCUT2D eigenvalue weighted by Gasteiger charge is -2.12. The van der Waals surface area contributed by atoms with Crippen LogP contribution >= 0.6 is 11.8 Å². The van der Waals surface area contributed by atoms with E-state index in [9.17, 15) is 5.11 Å². The maximum atomic E-state index is 9.96. The maximum Gasteiger partial charge on any atom is 0.160 e. The molecule has 0 saturated carbocycles. The molecule has 2 rings (SSSR count). The van der Waals surface area contributed by atoms with Crippen LogP contribution in [0.4, 0.5) is 0 Å². The van der Waals surface area contributed by atoms with Crippen molar-refractivity contribution in [2.45, 2.75) is 16.2 Å². The van der Waals surface area contributed by atoms with Gasteiger partial charge in [-0.3, -0.25) is 0 Å². The maximum absolute atomic E-state index is 9.96. The van der Waals surface area contributed by atoms with Crippen molar-refractivity contribution in [2.75, 3.05) is 14.2 Å². The van der Waals surface area contributed by atoms with E-state index in [1.165, 1.54) is 0 Å². The van der Waals surface area contributed by atoms with E-state index in [4.69, 9.17) is 9.47 Å². The number of ether oxygens (including phenoxy) is 2. The van der Waals surface area contributed by atoms with E-state index < -0.39 is 0 Å². The molecule has 0 heterocycles. The number of phenolic OH excluding ortho intramolecular Hbond substituents is 1. The Morgan fingerprint density at radius 1 is 1.14 bits per heavy atom. The highest BCUT2D eigenvalue weighted by molar-refractivity contribution is 7.99. The number of aromatic hydroxyl groups is 1. The summed E-state index contributed by atoms with van der Waals surface area (Å²) in [7, 11) is 3.19. The van der Waals surface area contributed by atoms with E-state index in [2.05, 4.69) is 6.58 Å². The Balaban J connectivity index is 2.32. The highest BCUT2D eigenvalue weighted by atomic mass is 32.2. The zero-order chi connectivity index (χ0) is 15.2. The second kappa shape index (κ2) is 7.09. The minimum absolute atomic E-state index is 0.140. The molecule has 0 amide bonds. The Labute approximate surface area is 129 Å². The predicted octanol–water partition coefficient (Wildman–Crippen LogP) is 4.29. The van der Waals surface area contributed by atoms with Crippen LogP contribution in [0.3, 0.4) is 0 Å². The molecule has 0 fully saturated rings. The molecule has 21 heavy (non-hydrogen) atoms. The largest absolute Gasteiger partial charge is 0.504 e. The quantitative estimate of drug-likeness (QED) is 0.808. The van der Waals surface area contributed by atoms with Crippen LogP contribution in [-0.2, 0) is 6.42 Å². The molecule has 0 radical (unpaired) electrons. The van der Waals surface area contributed by atoms with Crippen molar-refractivity contribution < 1.29 is 14.6 Å². The summed E-state index contributed by atoms with van der Waals surface area (Å²) >= 11 is 1.59. The van der Waals surface area contributed by atoms with Crippen molar-refractivity contribution in [3.63, 3.8) is 0 Å². The number of benzene rings is 2. The van der Waals surface area contributed by atoms with Crippen LogP contribution in [0.2, 0.25) is 0 Å². The third kappa shape index (κ3) is 3.73. The second-order valence-electron chi connectivity index (χ2n) is 4.40. The summed E-state index contributed by atoms with van der Waals surface area (Å²) < 4.78 is 10.3. The number of hydrogen-bond donors (Lipinski definition) is 1. The molecule has 2 aromatic carbocycles. The van der Waals surface area contributed by atoms with E-state index in [-0.39, 0.29) is 5.75 Å². The van der Waals surface area contributed by atoms with Gasteiger partial charge >= 0.3 is 0 Å². The fourth-order valence-corrected chi connectivity index (χ4v) is 2.91. The van der Waals surface area contributed by atoms with Crippen LogP contribution in [0.15, 0.2) is 58.8 Å². The summed E-state index contributed by atoms with van der Waals surface area (Å²) in [5.41, 5.74) is 1.07. The molecular formula is C17H18O3S. The standard InChI is InChI=1S/C17H18O3S/c1-4-5-12-10-16(20-3)15(18)11-17(12)21-14-8-6-13(19-2)7-9-14/h4,6-11,18H,1,5H2,2-3H3. The molecule has 1 N–H and O–H groups in total. The van der Waals surface area contributed by atoms with Crippen molar-refractivity contribution in [2.24, 2.45) is 0 Å². The molecular weight excluding hydrogens is 284 g/mol. The van der Waals surface area contributed by atoms with Gasteiger partial charge in [0.2, 0.25) is 0 Å². The molecule has 0 aliphatic heterocycles. The van der Waals surface area contributed by atoms with Crippen LogP contribution in [0.5, 0.6) is 17.2 Å². The van der Waals surface area contributed by atoms with E-state index in [1.807, 2.05) is 36.4 Å². The summed E-state index contributed by atoms with van der Waals surface area (Å²) in [5, 5.41) is 9.96. The van der Waals surface area contributed by atoms with Crippen LogP contribution < -0.4 is 9.47 Å². The number of allylic oxidation sites excluding steroid dienone is 1. The van der Waals surface area contributed by atoms with E-state index in [0.29, 0.717) is 5.75 Å². The summed E-state index contributed by atoms with van der Waals surface area (Å²) in [6.07, 6.45) is 2.55. The average molecular weight is 302 g/mol. The average Bonchev–Trinajstić information content (AvgIpc) is 2.50. The van der Waals surface area contributed by atoms with Gasteiger partial charge in [-0.2, -0.15) is 0 Å². The van der Waals surface area contributed by atoms with Gasteiger partial charge in [0.05, 0.1) is 14.2 Å². The van der Waals surface area contributed by atoms with Crippen LogP contribution in [0.25, 0.3) is 0 Å². The molecule has 3 nitrogen and oxygen atoms in total. The SMILES string of the molecule is C=CCc1cc(OC)c(O)cc1Sc1ccc(OC)cc1. The molecule has 0 bridgehead atoms. The van der Waals surface area contributed by atoms with Gasteiger partial charge in [0.15, 0.2) is 11.5 Å². The van der Waals surface area contributed by atoms with Crippen LogP contribution in [0, 0.1) is 0 Å². The van der Waals surface area contributed by atoms with Crippen molar-refractivity contribution in [3.8, 4) is 17.2 Å². The molecule has 0 unspecified atom stereocenters. The Morgan fingerprint density at radius 3 is 2.43 bits per heavy atom. The van der Waals surface area contributed by atoms with E-state index in [1.54, 1.807) is 32.0 Å². The molecule has 110 valence electrons. The first-order valence-electron chi connectivity index (χ1n) is 6.50. The topological polar surface area (TPSA) is 38.7 Å². The summed E-state index contributed by atoms with van der Waals surface area (Å²) in [6.45, 7) is 3.78. The highest BCUT2D eigenvalue weighted by Gasteiger charge is 2.10. The van der Waals surface area contributed by atoms with E-state index >= 15 is 0 Å². The Morgan fingerprint density at radius 2 is 1.86 bits per heavy atom. The van der Waals surface area contributed by atoms with Crippen LogP contribution in [-0.4, -0.2) is 19.3 Å². The van der Waals surface area contributed by atoms with Crippen molar-refractivity contribution in [3.05, 3.63) is 54.6 Å². The smallest absolute Gasteiger partial charge is 0.160 e. The van der Waals surface area contributed by atoms with Gasteiger partial charge in [0, 0.05) is 9.79 Å². The molecule has 0 spiro atoms. The molecule has 4 heteroatoms. The lowest BCUT2D eigenvalue weighted by Crippen LogP contribution is -1.91. The summed E-state index contributed by atoms with van der Waals surface area (Å²) in [4.78, 5) is 2.06. The molecule has 0 aromatic heterocycles. The highest BCUT2D eigenvalue weighted by Crippen LogP contribution is 2.38. The van der Waals surface area contributed by atoms with Gasteiger partial charge in [-0.1, -0.05) is 17.8 Å². The van der Waals surface area contributed by atoms with Gasteiger partial charge < -0.3 is 14.6 Å². The lowest BCUT2D eigenvalue weighted by molar-refractivity contribution is 0.372. The number of hydrogen-bond acceptors (Lipinski definition) is 4. The number of phenols is 1. The third-order valence-corrected chi connectivity index (χ3v) is 4.12. The van der Waals surface area contributed by atoms with Gasteiger partial charge in [-0.15, -0.1) is 6.58 Å². The van der Waals surface area contributed by atoms with Gasteiger partial charge in [-0.25, -0.2) is 0 Å². The molecule has 0 saturated heterocycles. The Hall–Kier alpha value is -2.07. The normalized spacial score (nSPS) is 10.2. The fourth-order valence-electron chi connectivity index (χ4n) is 1.94. The van der Waals surface area contributed by atoms with Crippen molar-refractivity contribution >= 4 is 11.8 Å². The van der Waals surface area contributed by atoms with Crippen molar-refractivity contribution in [1.29, 1.82) is 0 Å². The first-order chi connectivity index (χ1) is 10.2. The second-order valence-corrected chi connectivity index (χ2v) is 5.52. The monoisotopic (exact) mass is 302 g/mol. The summed E-state index contributed by atoms with van der Waals surface area (Å²) in [6, 6.07) is 11.4. The first kappa shape index (κ1) is 15.3. The molecule has 2 aromatic rings. The lowest BCUT2D eigenvalue weighted by atomic mass is 10.1. The molecule has 0 atom stereocenters. The number of methoxy groups -OCH3 is 2. The zero-order valence-electron chi connectivity index (χ0n) is 12.1. The minimum atomic E-state index is 0.140. The van der Waals surface area contributed by atoms with Gasteiger partial charge in [-0.05, 0) is 48.4 Å². The fraction of sp³-hybridized carbons (Fsp3) is 0.176. The van der Waals surface area contributed by atoms with Gasteiger partial charge in [0.25, 0.3) is 0 Å². The number of rotatable bonds is 6. The zero-order valence-corrected chi connectivity index (χ0v) is 12.9. The molecule has 0 aliphatic rings. The van der Waals surface area contributed by atoms with Crippen molar-refractivity contribution in [1.82, 2.24) is 0 Å². The third-order valence-electron chi connectivity index (χ3n) is 3.01. The Bertz CT molecular complexity index is 621. The first-order valence-corrected chi connectivity index (χ1v) is 7.32. The minimum Gasteiger partial charge on any atom is -0.504 e. The van der Waals surface area contributed by atoms with Crippen LogP contribution in [0.1, 0.15) is 5.56 Å². The predicted molar refractivity (Wildman–Crippen MR) is 85.7 cm³/mol.